The van der Waals surface area contributed by atoms with Crippen molar-refractivity contribution in [3.8, 4) is 0 Å². The first-order chi connectivity index (χ1) is 10.9. The Labute approximate surface area is 140 Å². The lowest BCUT2D eigenvalue weighted by Gasteiger charge is -2.07. The fourth-order valence-corrected chi connectivity index (χ4v) is 2.93. The maximum Gasteiger partial charge on any atom is 0.251 e. The summed E-state index contributed by atoms with van der Waals surface area (Å²) in [5.41, 5.74) is 1.44. The standard InChI is InChI=1S/C16H17ClN2O3S/c1-18-23(21,22)15-7-5-12(6-8-15)9-10-19-16(20)13-3-2-4-14(17)11-13/h2-8,11,18H,9-10H2,1H3,(H,19,20). The Morgan fingerprint density at radius 1 is 1.13 bits per heavy atom. The van der Waals surface area contributed by atoms with E-state index in [0.717, 1.165) is 5.56 Å². The quantitative estimate of drug-likeness (QED) is 0.837. The number of halogens is 1. The molecule has 0 bridgehead atoms. The number of nitrogens with one attached hydrogen (secondary N) is 2. The number of amides is 1. The van der Waals surface area contributed by atoms with Gasteiger partial charge in [0.25, 0.3) is 5.91 Å². The smallest absolute Gasteiger partial charge is 0.251 e. The van der Waals surface area contributed by atoms with Gasteiger partial charge in [-0.25, -0.2) is 13.1 Å². The van der Waals surface area contributed by atoms with E-state index in [1.165, 1.54) is 7.05 Å². The Bertz CT molecular complexity index is 789. The molecule has 2 aromatic rings. The molecular formula is C16H17ClN2O3S. The lowest BCUT2D eigenvalue weighted by atomic mass is 10.1. The number of carbonyl (C=O) groups is 1. The summed E-state index contributed by atoms with van der Waals surface area (Å²) >= 11 is 5.85. The molecule has 0 fully saturated rings. The summed E-state index contributed by atoms with van der Waals surface area (Å²) in [5, 5.41) is 3.32. The number of carbonyl (C=O) groups excluding carboxylic acids is 1. The Morgan fingerprint density at radius 3 is 2.43 bits per heavy atom. The molecule has 23 heavy (non-hydrogen) atoms. The van der Waals surface area contributed by atoms with Crippen molar-refractivity contribution < 1.29 is 13.2 Å². The SMILES string of the molecule is CNS(=O)(=O)c1ccc(CCNC(=O)c2cccc(Cl)c2)cc1. The summed E-state index contributed by atoms with van der Waals surface area (Å²) in [6, 6.07) is 13.3. The Balaban J connectivity index is 1.90. The van der Waals surface area contributed by atoms with Gasteiger partial charge in [-0.2, -0.15) is 0 Å². The largest absolute Gasteiger partial charge is 0.352 e. The van der Waals surface area contributed by atoms with E-state index in [1.807, 2.05) is 0 Å². The van der Waals surface area contributed by atoms with Crippen LogP contribution >= 0.6 is 11.6 Å². The van der Waals surface area contributed by atoms with Gasteiger partial charge in [-0.05, 0) is 49.4 Å². The topological polar surface area (TPSA) is 75.3 Å². The Morgan fingerprint density at radius 2 is 1.83 bits per heavy atom. The van der Waals surface area contributed by atoms with Crippen LogP contribution in [0.25, 0.3) is 0 Å². The van der Waals surface area contributed by atoms with E-state index in [2.05, 4.69) is 10.0 Å². The molecule has 2 N–H and O–H groups in total. The van der Waals surface area contributed by atoms with E-state index >= 15 is 0 Å². The third kappa shape index (κ3) is 4.79. The molecule has 0 saturated heterocycles. The second kappa shape index (κ2) is 7.59. The number of sulfonamides is 1. The average molecular weight is 353 g/mol. The minimum atomic E-state index is -3.42. The Kier molecular flexibility index (Phi) is 5.76. The molecule has 0 radical (unpaired) electrons. The highest BCUT2D eigenvalue weighted by atomic mass is 35.5. The van der Waals surface area contributed by atoms with Crippen LogP contribution in [0.4, 0.5) is 0 Å². The van der Waals surface area contributed by atoms with Crippen LogP contribution in [0.15, 0.2) is 53.4 Å². The molecule has 0 heterocycles. The molecule has 0 aliphatic carbocycles. The molecular weight excluding hydrogens is 336 g/mol. The molecule has 0 unspecified atom stereocenters. The number of hydrogen-bond acceptors (Lipinski definition) is 3. The summed E-state index contributed by atoms with van der Waals surface area (Å²) in [6.45, 7) is 0.448. The van der Waals surface area contributed by atoms with Crippen molar-refractivity contribution in [2.45, 2.75) is 11.3 Å². The number of rotatable bonds is 6. The van der Waals surface area contributed by atoms with Crippen molar-refractivity contribution >= 4 is 27.5 Å². The highest BCUT2D eigenvalue weighted by Gasteiger charge is 2.10. The van der Waals surface area contributed by atoms with Gasteiger partial charge in [-0.15, -0.1) is 0 Å². The van der Waals surface area contributed by atoms with Gasteiger partial charge in [0.1, 0.15) is 0 Å². The second-order valence-corrected chi connectivity index (χ2v) is 7.19. The maximum absolute atomic E-state index is 12.0. The van der Waals surface area contributed by atoms with Crippen LogP contribution in [-0.2, 0) is 16.4 Å². The molecule has 0 atom stereocenters. The zero-order chi connectivity index (χ0) is 16.9. The highest BCUT2D eigenvalue weighted by molar-refractivity contribution is 7.89. The molecule has 0 spiro atoms. The summed E-state index contributed by atoms with van der Waals surface area (Å²) in [4.78, 5) is 12.2. The van der Waals surface area contributed by atoms with Crippen molar-refractivity contribution in [2.75, 3.05) is 13.6 Å². The van der Waals surface area contributed by atoms with E-state index in [0.29, 0.717) is 23.6 Å². The number of benzene rings is 2. The Hall–Kier alpha value is -1.89. The molecule has 2 aromatic carbocycles. The monoisotopic (exact) mass is 352 g/mol. The van der Waals surface area contributed by atoms with E-state index in [9.17, 15) is 13.2 Å². The van der Waals surface area contributed by atoms with Gasteiger partial charge in [-0.3, -0.25) is 4.79 Å². The minimum absolute atomic E-state index is 0.193. The van der Waals surface area contributed by atoms with Crippen molar-refractivity contribution in [3.63, 3.8) is 0 Å². The highest BCUT2D eigenvalue weighted by Crippen LogP contribution is 2.11. The zero-order valence-corrected chi connectivity index (χ0v) is 14.1. The van der Waals surface area contributed by atoms with Crippen molar-refractivity contribution in [1.82, 2.24) is 10.0 Å². The van der Waals surface area contributed by atoms with Crippen LogP contribution in [0.5, 0.6) is 0 Å². The van der Waals surface area contributed by atoms with Crippen LogP contribution in [0.3, 0.4) is 0 Å². The van der Waals surface area contributed by atoms with Crippen LogP contribution in [0.2, 0.25) is 5.02 Å². The minimum Gasteiger partial charge on any atom is -0.352 e. The second-order valence-electron chi connectivity index (χ2n) is 4.87. The molecule has 0 aromatic heterocycles. The lowest BCUT2D eigenvalue weighted by Crippen LogP contribution is -2.25. The van der Waals surface area contributed by atoms with Gasteiger partial charge < -0.3 is 5.32 Å². The number of hydrogen-bond donors (Lipinski definition) is 2. The first-order valence-corrected chi connectivity index (χ1v) is 8.85. The van der Waals surface area contributed by atoms with Gasteiger partial charge in [0.15, 0.2) is 0 Å². The molecule has 0 aliphatic rings. The fourth-order valence-electron chi connectivity index (χ4n) is 2.01. The van der Waals surface area contributed by atoms with Gasteiger partial charge in [0.2, 0.25) is 10.0 Å². The predicted octanol–water partition coefficient (Wildman–Crippen LogP) is 2.22. The molecule has 2 rings (SSSR count). The van der Waals surface area contributed by atoms with Crippen LogP contribution < -0.4 is 10.0 Å². The lowest BCUT2D eigenvalue weighted by molar-refractivity contribution is 0.0954. The van der Waals surface area contributed by atoms with Crippen molar-refractivity contribution in [3.05, 3.63) is 64.7 Å². The van der Waals surface area contributed by atoms with Gasteiger partial charge in [0.05, 0.1) is 4.90 Å². The molecule has 0 aliphatic heterocycles. The summed E-state index contributed by atoms with van der Waals surface area (Å²) < 4.78 is 25.5. The van der Waals surface area contributed by atoms with E-state index in [4.69, 9.17) is 11.6 Å². The van der Waals surface area contributed by atoms with Crippen LogP contribution in [0.1, 0.15) is 15.9 Å². The summed E-state index contributed by atoms with van der Waals surface area (Å²) in [5.74, 6) is -0.193. The normalized spacial score (nSPS) is 11.2. The molecule has 122 valence electrons. The fraction of sp³-hybridized carbons (Fsp3) is 0.188. The first kappa shape index (κ1) is 17.5. The average Bonchev–Trinajstić information content (AvgIpc) is 2.55. The third-order valence-corrected chi connectivity index (χ3v) is 4.95. The molecule has 1 amide bonds. The first-order valence-electron chi connectivity index (χ1n) is 6.98. The van der Waals surface area contributed by atoms with Gasteiger partial charge in [-0.1, -0.05) is 29.8 Å². The van der Waals surface area contributed by atoms with E-state index in [1.54, 1.807) is 48.5 Å². The van der Waals surface area contributed by atoms with E-state index < -0.39 is 10.0 Å². The van der Waals surface area contributed by atoms with Crippen molar-refractivity contribution in [1.29, 1.82) is 0 Å². The van der Waals surface area contributed by atoms with Crippen molar-refractivity contribution in [2.24, 2.45) is 0 Å². The van der Waals surface area contributed by atoms with Gasteiger partial charge in [0, 0.05) is 17.1 Å². The summed E-state index contributed by atoms with van der Waals surface area (Å²) in [7, 11) is -2.05. The molecule has 0 saturated carbocycles. The van der Waals surface area contributed by atoms with E-state index in [-0.39, 0.29) is 10.8 Å². The maximum atomic E-state index is 12.0. The molecule has 5 nitrogen and oxygen atoms in total. The van der Waals surface area contributed by atoms with Gasteiger partial charge >= 0.3 is 0 Å². The zero-order valence-electron chi connectivity index (χ0n) is 12.5. The third-order valence-electron chi connectivity index (χ3n) is 3.29. The summed E-state index contributed by atoms with van der Waals surface area (Å²) in [6.07, 6.45) is 0.603. The predicted molar refractivity (Wildman–Crippen MR) is 90.2 cm³/mol. The van der Waals surface area contributed by atoms with Crippen LogP contribution in [0, 0.1) is 0 Å². The molecule has 7 heteroatoms. The van der Waals surface area contributed by atoms with Crippen LogP contribution in [-0.4, -0.2) is 27.9 Å².